The van der Waals surface area contributed by atoms with Gasteiger partial charge in [0.25, 0.3) is 5.91 Å². The number of rotatable bonds is 6. The lowest BCUT2D eigenvalue weighted by molar-refractivity contribution is -0.121. The second-order valence-electron chi connectivity index (χ2n) is 5.35. The first-order valence-corrected chi connectivity index (χ1v) is 7.92. The predicted molar refractivity (Wildman–Crippen MR) is 91.4 cm³/mol. The number of carbonyl (C=O) groups excluding carboxylic acids is 2. The molecule has 0 aliphatic rings. The van der Waals surface area contributed by atoms with Crippen LogP contribution in [0.5, 0.6) is 0 Å². The minimum Gasteiger partial charge on any atom is -0.352 e. The topological polar surface area (TPSA) is 58.2 Å². The van der Waals surface area contributed by atoms with Gasteiger partial charge < -0.3 is 10.6 Å². The second kappa shape index (κ2) is 8.45. The highest BCUT2D eigenvalue weighted by Gasteiger charge is 2.10. The van der Waals surface area contributed by atoms with E-state index in [0.717, 1.165) is 5.56 Å². The van der Waals surface area contributed by atoms with Crippen molar-refractivity contribution in [1.82, 2.24) is 10.6 Å². The molecule has 2 amide bonds. The summed E-state index contributed by atoms with van der Waals surface area (Å²) in [5.41, 5.74) is 1.30. The summed E-state index contributed by atoms with van der Waals surface area (Å²) >= 11 is 5.76. The molecule has 2 N–H and O–H groups in total. The van der Waals surface area contributed by atoms with Gasteiger partial charge in [0.15, 0.2) is 0 Å². The van der Waals surface area contributed by atoms with Crippen LogP contribution in [0.1, 0.15) is 35.3 Å². The van der Waals surface area contributed by atoms with Crippen molar-refractivity contribution in [2.75, 3.05) is 6.54 Å². The maximum atomic E-state index is 12.9. The molecule has 0 aliphatic heterocycles. The molecular weight excluding hydrogens is 331 g/mol. The second-order valence-corrected chi connectivity index (χ2v) is 5.79. The zero-order valence-electron chi connectivity index (χ0n) is 13.2. The molecule has 6 heteroatoms. The van der Waals surface area contributed by atoms with Crippen molar-refractivity contribution in [1.29, 1.82) is 0 Å². The van der Waals surface area contributed by atoms with Gasteiger partial charge in [-0.3, -0.25) is 9.59 Å². The summed E-state index contributed by atoms with van der Waals surface area (Å²) in [6.45, 7) is 2.04. The molecular formula is C18H18ClFN2O2. The van der Waals surface area contributed by atoms with Crippen LogP contribution in [-0.4, -0.2) is 18.4 Å². The summed E-state index contributed by atoms with van der Waals surface area (Å²) in [6.07, 6.45) is 0.158. The Kier molecular flexibility index (Phi) is 6.32. The van der Waals surface area contributed by atoms with E-state index in [1.807, 2.05) is 6.92 Å². The van der Waals surface area contributed by atoms with Gasteiger partial charge in [0, 0.05) is 23.6 Å². The van der Waals surface area contributed by atoms with E-state index in [9.17, 15) is 14.0 Å². The van der Waals surface area contributed by atoms with Crippen LogP contribution in [0.3, 0.4) is 0 Å². The van der Waals surface area contributed by atoms with Gasteiger partial charge in [0.1, 0.15) is 5.82 Å². The maximum absolute atomic E-state index is 12.9. The van der Waals surface area contributed by atoms with Gasteiger partial charge in [-0.1, -0.05) is 23.7 Å². The van der Waals surface area contributed by atoms with E-state index in [1.165, 1.54) is 12.1 Å². The largest absolute Gasteiger partial charge is 0.352 e. The van der Waals surface area contributed by atoms with Crippen molar-refractivity contribution in [2.45, 2.75) is 19.4 Å². The fourth-order valence-electron chi connectivity index (χ4n) is 2.14. The van der Waals surface area contributed by atoms with Crippen molar-refractivity contribution < 1.29 is 14.0 Å². The molecule has 0 unspecified atom stereocenters. The van der Waals surface area contributed by atoms with Crippen molar-refractivity contribution in [2.24, 2.45) is 0 Å². The van der Waals surface area contributed by atoms with E-state index in [2.05, 4.69) is 10.6 Å². The SMILES string of the molecule is C[C@@H](NC(=O)CCNC(=O)c1ccc(Cl)cc1)c1ccc(F)cc1. The molecule has 126 valence electrons. The van der Waals surface area contributed by atoms with Crippen LogP contribution in [0.15, 0.2) is 48.5 Å². The third kappa shape index (κ3) is 5.35. The van der Waals surface area contributed by atoms with E-state index in [-0.39, 0.29) is 36.6 Å². The number of hydrogen-bond acceptors (Lipinski definition) is 2. The molecule has 0 aromatic heterocycles. The van der Waals surface area contributed by atoms with Gasteiger partial charge in [0.2, 0.25) is 5.91 Å². The zero-order chi connectivity index (χ0) is 17.5. The molecule has 2 rings (SSSR count). The Morgan fingerprint density at radius 3 is 2.33 bits per heavy atom. The maximum Gasteiger partial charge on any atom is 0.251 e. The average Bonchev–Trinajstić information content (AvgIpc) is 2.55. The zero-order valence-corrected chi connectivity index (χ0v) is 13.9. The van der Waals surface area contributed by atoms with Crippen LogP contribution in [0.2, 0.25) is 5.02 Å². The molecule has 0 saturated heterocycles. The summed E-state index contributed by atoms with van der Waals surface area (Å²) < 4.78 is 12.9. The predicted octanol–water partition coefficient (Wildman–Crippen LogP) is 3.48. The molecule has 0 spiro atoms. The Balaban J connectivity index is 1.75. The molecule has 4 nitrogen and oxygen atoms in total. The van der Waals surface area contributed by atoms with Crippen molar-refractivity contribution in [3.8, 4) is 0 Å². The van der Waals surface area contributed by atoms with Gasteiger partial charge in [-0.05, 0) is 48.9 Å². The molecule has 2 aromatic rings. The Bertz CT molecular complexity index is 702. The van der Waals surface area contributed by atoms with Gasteiger partial charge in [0.05, 0.1) is 6.04 Å². The van der Waals surface area contributed by atoms with Crippen LogP contribution in [0.4, 0.5) is 4.39 Å². The smallest absolute Gasteiger partial charge is 0.251 e. The van der Waals surface area contributed by atoms with Crippen molar-refractivity contribution in [3.05, 3.63) is 70.5 Å². The molecule has 0 bridgehead atoms. The third-order valence-electron chi connectivity index (χ3n) is 3.49. The summed E-state index contributed by atoms with van der Waals surface area (Å²) in [4.78, 5) is 23.8. The van der Waals surface area contributed by atoms with E-state index >= 15 is 0 Å². The molecule has 24 heavy (non-hydrogen) atoms. The number of nitrogens with one attached hydrogen (secondary N) is 2. The standard InChI is InChI=1S/C18H18ClFN2O2/c1-12(13-4-8-16(20)9-5-13)22-17(23)10-11-21-18(24)14-2-6-15(19)7-3-14/h2-9,12H,10-11H2,1H3,(H,21,24)(H,22,23)/t12-/m1/s1. The lowest BCUT2D eigenvalue weighted by Crippen LogP contribution is -2.32. The summed E-state index contributed by atoms with van der Waals surface area (Å²) in [5, 5.41) is 6.04. The van der Waals surface area contributed by atoms with E-state index in [1.54, 1.807) is 36.4 Å². The molecule has 0 aliphatic carbocycles. The van der Waals surface area contributed by atoms with Gasteiger partial charge >= 0.3 is 0 Å². The molecule has 1 atom stereocenters. The van der Waals surface area contributed by atoms with Crippen LogP contribution < -0.4 is 10.6 Å². The Morgan fingerprint density at radius 1 is 1.08 bits per heavy atom. The van der Waals surface area contributed by atoms with Crippen molar-refractivity contribution in [3.63, 3.8) is 0 Å². The van der Waals surface area contributed by atoms with E-state index < -0.39 is 0 Å². The quantitative estimate of drug-likeness (QED) is 0.839. The monoisotopic (exact) mass is 348 g/mol. The summed E-state index contributed by atoms with van der Waals surface area (Å²) in [6, 6.07) is 12.2. The minimum absolute atomic E-state index is 0.158. The fraction of sp³-hybridized carbons (Fsp3) is 0.222. The van der Waals surface area contributed by atoms with Crippen LogP contribution in [0.25, 0.3) is 0 Å². The van der Waals surface area contributed by atoms with Gasteiger partial charge in [-0.15, -0.1) is 0 Å². The van der Waals surface area contributed by atoms with E-state index in [4.69, 9.17) is 11.6 Å². The number of hydrogen-bond donors (Lipinski definition) is 2. The lowest BCUT2D eigenvalue weighted by Gasteiger charge is -2.14. The lowest BCUT2D eigenvalue weighted by atomic mass is 10.1. The number of amides is 2. The number of benzene rings is 2. The molecule has 2 aromatic carbocycles. The third-order valence-corrected chi connectivity index (χ3v) is 3.74. The number of carbonyl (C=O) groups is 2. The number of halogens is 2. The Morgan fingerprint density at radius 2 is 1.71 bits per heavy atom. The minimum atomic E-state index is -0.317. The van der Waals surface area contributed by atoms with Crippen LogP contribution >= 0.6 is 11.6 Å². The fourth-order valence-corrected chi connectivity index (χ4v) is 2.27. The van der Waals surface area contributed by atoms with Gasteiger partial charge in [-0.2, -0.15) is 0 Å². The Labute approximate surface area is 145 Å². The summed E-state index contributed by atoms with van der Waals surface area (Å²) in [7, 11) is 0. The van der Waals surface area contributed by atoms with Crippen LogP contribution in [-0.2, 0) is 4.79 Å². The molecule has 0 fully saturated rings. The average molecular weight is 349 g/mol. The van der Waals surface area contributed by atoms with Crippen LogP contribution in [0, 0.1) is 5.82 Å². The summed E-state index contributed by atoms with van der Waals surface area (Å²) in [5.74, 6) is -0.767. The van der Waals surface area contributed by atoms with E-state index in [0.29, 0.717) is 10.6 Å². The highest BCUT2D eigenvalue weighted by Crippen LogP contribution is 2.13. The highest BCUT2D eigenvalue weighted by atomic mass is 35.5. The highest BCUT2D eigenvalue weighted by molar-refractivity contribution is 6.30. The van der Waals surface area contributed by atoms with Crippen molar-refractivity contribution >= 4 is 23.4 Å². The first-order valence-electron chi connectivity index (χ1n) is 7.54. The molecule has 0 saturated carbocycles. The molecule has 0 heterocycles. The first-order chi connectivity index (χ1) is 11.5. The first kappa shape index (κ1) is 17.9. The normalized spacial score (nSPS) is 11.6. The Hall–Kier alpha value is -2.40. The van der Waals surface area contributed by atoms with Gasteiger partial charge in [-0.25, -0.2) is 4.39 Å². The molecule has 0 radical (unpaired) electrons.